The highest BCUT2D eigenvalue weighted by atomic mass is 35.5. The third-order valence-electron chi connectivity index (χ3n) is 4.01. The summed E-state index contributed by atoms with van der Waals surface area (Å²) in [4.78, 5) is 26.8. The maximum Gasteiger partial charge on any atom is 0.286 e. The zero-order valence-corrected chi connectivity index (χ0v) is 15.1. The Morgan fingerprint density at radius 3 is 2.54 bits per heavy atom. The Balaban J connectivity index is 1.68. The zero-order valence-electron chi connectivity index (χ0n) is 14.3. The van der Waals surface area contributed by atoms with Crippen LogP contribution in [0.2, 0.25) is 5.02 Å². The lowest BCUT2D eigenvalue weighted by Crippen LogP contribution is -2.42. The molecule has 0 fully saturated rings. The van der Waals surface area contributed by atoms with E-state index in [0.29, 0.717) is 10.7 Å². The van der Waals surface area contributed by atoms with Gasteiger partial charge in [-0.2, -0.15) is 5.10 Å². The van der Waals surface area contributed by atoms with E-state index in [1.807, 2.05) is 26.0 Å². The lowest BCUT2D eigenvalue weighted by atomic mass is 10.1. The van der Waals surface area contributed by atoms with Crippen LogP contribution in [0.1, 0.15) is 27.4 Å². The van der Waals surface area contributed by atoms with Crippen molar-refractivity contribution in [1.82, 2.24) is 25.6 Å². The summed E-state index contributed by atoms with van der Waals surface area (Å²) < 4.78 is 1.77. The molecule has 8 heteroatoms. The van der Waals surface area contributed by atoms with Crippen LogP contribution in [0.4, 0.5) is 0 Å². The average Bonchev–Trinajstić information content (AvgIpc) is 3.25. The van der Waals surface area contributed by atoms with Crippen LogP contribution >= 0.6 is 11.6 Å². The molecule has 2 aromatic heterocycles. The molecule has 2 heterocycles. The molecule has 7 nitrogen and oxygen atoms in total. The van der Waals surface area contributed by atoms with Crippen LogP contribution in [-0.2, 0) is 11.2 Å². The molecular formula is C18H18ClN5O2. The first-order chi connectivity index (χ1) is 12.5. The summed E-state index contributed by atoms with van der Waals surface area (Å²) in [6.07, 6.45) is 1.74. The van der Waals surface area contributed by atoms with Gasteiger partial charge >= 0.3 is 0 Å². The maximum absolute atomic E-state index is 12.2. The number of aromatic nitrogens is 3. The summed E-state index contributed by atoms with van der Waals surface area (Å²) in [6, 6.07) is 10.6. The van der Waals surface area contributed by atoms with Gasteiger partial charge in [0.2, 0.25) is 5.91 Å². The lowest BCUT2D eigenvalue weighted by molar-refractivity contribution is -0.121. The highest BCUT2D eigenvalue weighted by Crippen LogP contribution is 2.20. The fourth-order valence-electron chi connectivity index (χ4n) is 2.63. The van der Waals surface area contributed by atoms with Gasteiger partial charge in [-0.15, -0.1) is 0 Å². The summed E-state index contributed by atoms with van der Waals surface area (Å²) >= 11 is 5.92. The van der Waals surface area contributed by atoms with Crippen LogP contribution < -0.4 is 10.9 Å². The number of H-pyrrole nitrogens is 1. The number of rotatable bonds is 4. The van der Waals surface area contributed by atoms with Crippen LogP contribution in [0.3, 0.4) is 0 Å². The first-order valence-corrected chi connectivity index (χ1v) is 8.37. The van der Waals surface area contributed by atoms with E-state index in [-0.39, 0.29) is 12.3 Å². The smallest absolute Gasteiger partial charge is 0.286 e. The van der Waals surface area contributed by atoms with E-state index >= 15 is 0 Å². The van der Waals surface area contributed by atoms with Crippen molar-refractivity contribution in [3.63, 3.8) is 0 Å². The van der Waals surface area contributed by atoms with E-state index in [0.717, 1.165) is 22.6 Å². The molecule has 3 aromatic rings. The summed E-state index contributed by atoms with van der Waals surface area (Å²) in [5.74, 6) is -0.736. The summed E-state index contributed by atoms with van der Waals surface area (Å²) in [7, 11) is 0. The minimum Gasteiger partial charge on any atom is -0.357 e. The number of nitrogens with zero attached hydrogens (tertiary/aromatic N) is 2. The van der Waals surface area contributed by atoms with Crippen molar-refractivity contribution in [2.24, 2.45) is 0 Å². The fraction of sp³-hybridized carbons (Fsp3) is 0.167. The van der Waals surface area contributed by atoms with E-state index in [1.165, 1.54) is 0 Å². The minimum atomic E-state index is -0.409. The molecule has 0 aliphatic carbocycles. The average molecular weight is 372 g/mol. The summed E-state index contributed by atoms with van der Waals surface area (Å²) in [5, 5.41) is 5.15. The molecule has 0 spiro atoms. The standard InChI is InChI=1S/C18H18ClN5O2/c1-11-15(10-17(25)21-22-18(26)16-4-3-9-20-16)12(2)24(23-11)14-7-5-13(19)6-8-14/h3-9,20H,10H2,1-2H3,(H,21,25)(H,22,26). The van der Waals surface area contributed by atoms with Crippen LogP contribution in [0.25, 0.3) is 5.69 Å². The molecule has 0 bridgehead atoms. The number of carbonyl (C=O) groups excluding carboxylic acids is 2. The highest BCUT2D eigenvalue weighted by molar-refractivity contribution is 6.30. The minimum absolute atomic E-state index is 0.107. The Hall–Kier alpha value is -3.06. The summed E-state index contributed by atoms with van der Waals surface area (Å²) in [6.45, 7) is 3.74. The van der Waals surface area contributed by atoms with Crippen LogP contribution in [-0.4, -0.2) is 26.6 Å². The largest absolute Gasteiger partial charge is 0.357 e. The molecule has 0 unspecified atom stereocenters. The number of carbonyl (C=O) groups is 2. The van der Waals surface area contributed by atoms with Crippen molar-refractivity contribution < 1.29 is 9.59 Å². The Labute approximate surface area is 155 Å². The Kier molecular flexibility index (Phi) is 5.09. The second kappa shape index (κ2) is 7.45. The Morgan fingerprint density at radius 1 is 1.15 bits per heavy atom. The molecule has 2 amide bonds. The van der Waals surface area contributed by atoms with Gasteiger partial charge in [0.15, 0.2) is 0 Å². The van der Waals surface area contributed by atoms with Gasteiger partial charge in [-0.25, -0.2) is 4.68 Å². The monoisotopic (exact) mass is 371 g/mol. The molecule has 0 saturated heterocycles. The molecule has 0 aliphatic rings. The van der Waals surface area contributed by atoms with Gasteiger partial charge in [0.1, 0.15) is 5.69 Å². The van der Waals surface area contributed by atoms with Gasteiger partial charge in [-0.05, 0) is 50.2 Å². The number of hydrazine groups is 1. The quantitative estimate of drug-likeness (QED) is 0.615. The van der Waals surface area contributed by atoms with Crippen molar-refractivity contribution in [3.05, 3.63) is 70.3 Å². The molecule has 3 rings (SSSR count). The Morgan fingerprint density at radius 2 is 1.88 bits per heavy atom. The number of benzene rings is 1. The number of amides is 2. The van der Waals surface area contributed by atoms with E-state index < -0.39 is 5.91 Å². The molecule has 0 atom stereocenters. The number of aryl methyl sites for hydroxylation is 1. The Bertz CT molecular complexity index is 929. The second-order valence-electron chi connectivity index (χ2n) is 5.80. The van der Waals surface area contributed by atoms with E-state index in [4.69, 9.17) is 11.6 Å². The maximum atomic E-state index is 12.2. The molecule has 134 valence electrons. The SMILES string of the molecule is Cc1nn(-c2ccc(Cl)cc2)c(C)c1CC(=O)NNC(=O)c1ccc[nH]1. The molecule has 3 N–H and O–H groups in total. The molecule has 0 radical (unpaired) electrons. The first kappa shape index (κ1) is 17.8. The predicted octanol–water partition coefficient (Wildman–Crippen LogP) is 2.47. The topological polar surface area (TPSA) is 91.8 Å². The second-order valence-corrected chi connectivity index (χ2v) is 6.24. The van der Waals surface area contributed by atoms with E-state index in [9.17, 15) is 9.59 Å². The normalized spacial score (nSPS) is 10.6. The van der Waals surface area contributed by atoms with Crippen molar-refractivity contribution in [3.8, 4) is 5.69 Å². The van der Waals surface area contributed by atoms with Crippen LogP contribution in [0, 0.1) is 13.8 Å². The van der Waals surface area contributed by atoms with Crippen LogP contribution in [0.15, 0.2) is 42.6 Å². The predicted molar refractivity (Wildman–Crippen MR) is 98.2 cm³/mol. The van der Waals surface area contributed by atoms with Crippen molar-refractivity contribution in [2.75, 3.05) is 0 Å². The van der Waals surface area contributed by atoms with E-state index in [2.05, 4.69) is 20.9 Å². The molecule has 1 aromatic carbocycles. The zero-order chi connectivity index (χ0) is 18.7. The van der Waals surface area contributed by atoms with Gasteiger partial charge in [-0.1, -0.05) is 11.6 Å². The highest BCUT2D eigenvalue weighted by Gasteiger charge is 2.16. The van der Waals surface area contributed by atoms with E-state index in [1.54, 1.807) is 35.1 Å². The van der Waals surface area contributed by atoms with Gasteiger partial charge in [0.25, 0.3) is 5.91 Å². The number of hydrogen-bond acceptors (Lipinski definition) is 3. The van der Waals surface area contributed by atoms with Gasteiger partial charge < -0.3 is 4.98 Å². The van der Waals surface area contributed by atoms with Crippen molar-refractivity contribution in [1.29, 1.82) is 0 Å². The molecule has 0 saturated carbocycles. The van der Waals surface area contributed by atoms with Gasteiger partial charge in [0.05, 0.1) is 17.8 Å². The third kappa shape index (κ3) is 3.78. The molecular weight excluding hydrogens is 354 g/mol. The number of hydrogen-bond donors (Lipinski definition) is 3. The number of nitrogens with one attached hydrogen (secondary N) is 3. The van der Waals surface area contributed by atoms with Crippen LogP contribution in [0.5, 0.6) is 0 Å². The molecule has 0 aliphatic heterocycles. The molecule has 26 heavy (non-hydrogen) atoms. The number of halogens is 1. The van der Waals surface area contributed by atoms with Gasteiger partial charge in [0, 0.05) is 22.5 Å². The van der Waals surface area contributed by atoms with Crippen molar-refractivity contribution >= 4 is 23.4 Å². The third-order valence-corrected chi connectivity index (χ3v) is 4.26. The first-order valence-electron chi connectivity index (χ1n) is 7.99. The van der Waals surface area contributed by atoms with Gasteiger partial charge in [-0.3, -0.25) is 20.4 Å². The fourth-order valence-corrected chi connectivity index (χ4v) is 2.76. The number of aromatic amines is 1. The lowest BCUT2D eigenvalue weighted by Gasteiger charge is -2.08. The van der Waals surface area contributed by atoms with Crippen molar-refractivity contribution in [2.45, 2.75) is 20.3 Å². The summed E-state index contributed by atoms with van der Waals surface area (Å²) in [5.41, 5.74) is 8.45.